The van der Waals surface area contributed by atoms with E-state index >= 15 is 0 Å². The smallest absolute Gasteiger partial charge is 0.410 e. The number of hydrogen-bond donors (Lipinski definition) is 0. The quantitative estimate of drug-likeness (QED) is 0.580. The Morgan fingerprint density at radius 3 is 2.41 bits per heavy atom. The third-order valence-electron chi connectivity index (χ3n) is 5.39. The van der Waals surface area contributed by atoms with Crippen LogP contribution in [-0.4, -0.2) is 58.5 Å². The summed E-state index contributed by atoms with van der Waals surface area (Å²) in [6, 6.07) is 10.4. The molecule has 34 heavy (non-hydrogen) atoms. The van der Waals surface area contributed by atoms with Crippen LogP contribution in [0.5, 0.6) is 11.5 Å². The maximum atomic E-state index is 12.9. The van der Waals surface area contributed by atoms with E-state index in [2.05, 4.69) is 10.1 Å². The zero-order valence-electron chi connectivity index (χ0n) is 20.0. The second kappa shape index (κ2) is 9.17. The number of methoxy groups -OCH3 is 2. The highest BCUT2D eigenvalue weighted by Crippen LogP contribution is 2.31. The van der Waals surface area contributed by atoms with Crippen LogP contribution < -0.4 is 15.0 Å². The molecule has 0 spiro atoms. The zero-order chi connectivity index (χ0) is 24.5. The lowest BCUT2D eigenvalue weighted by atomic mass is 10.0. The number of ether oxygens (including phenoxy) is 3. The van der Waals surface area contributed by atoms with Crippen molar-refractivity contribution in [1.29, 1.82) is 0 Å². The summed E-state index contributed by atoms with van der Waals surface area (Å²) in [6.45, 7) is 6.48. The fourth-order valence-electron chi connectivity index (χ4n) is 3.71. The van der Waals surface area contributed by atoms with E-state index in [4.69, 9.17) is 14.2 Å². The summed E-state index contributed by atoms with van der Waals surface area (Å²) in [5, 5.41) is 4.52. The predicted molar refractivity (Wildman–Crippen MR) is 128 cm³/mol. The van der Waals surface area contributed by atoms with Gasteiger partial charge in [-0.05, 0) is 63.1 Å². The molecule has 4 rings (SSSR count). The minimum absolute atomic E-state index is 0.288. The van der Waals surface area contributed by atoms with E-state index in [9.17, 15) is 9.59 Å². The van der Waals surface area contributed by atoms with Gasteiger partial charge in [0.15, 0.2) is 17.1 Å². The Morgan fingerprint density at radius 1 is 1.00 bits per heavy atom. The molecule has 1 aliphatic heterocycles. The standard InChI is InChI=1S/C25H28N4O5/c1-25(2,3)34-24(31)28-12-10-16(11-13-28)18-7-9-22-26-19(15-23(30)29(22)27-18)17-6-8-20(32-4)21(14-17)33-5/h6-10,14-15H,11-13H2,1-5H3. The van der Waals surface area contributed by atoms with Gasteiger partial charge in [-0.2, -0.15) is 9.61 Å². The van der Waals surface area contributed by atoms with Crippen LogP contribution in [-0.2, 0) is 4.74 Å². The largest absolute Gasteiger partial charge is 0.493 e. The average Bonchev–Trinajstić information content (AvgIpc) is 2.82. The van der Waals surface area contributed by atoms with E-state index in [0.29, 0.717) is 48.0 Å². The first-order valence-electron chi connectivity index (χ1n) is 11.0. The van der Waals surface area contributed by atoms with Crippen LogP contribution in [0.15, 0.2) is 47.3 Å². The normalized spacial score (nSPS) is 14.0. The maximum Gasteiger partial charge on any atom is 0.410 e. The first-order valence-corrected chi connectivity index (χ1v) is 11.0. The number of benzene rings is 1. The highest BCUT2D eigenvalue weighted by Gasteiger charge is 2.24. The highest BCUT2D eigenvalue weighted by molar-refractivity contribution is 5.72. The molecule has 0 saturated carbocycles. The Hall–Kier alpha value is -3.88. The number of nitrogens with zero attached hydrogens (tertiary/aromatic N) is 4. The molecule has 0 fully saturated rings. The molecule has 2 aromatic heterocycles. The van der Waals surface area contributed by atoms with Crippen molar-refractivity contribution in [1.82, 2.24) is 19.5 Å². The van der Waals surface area contributed by atoms with Crippen molar-refractivity contribution in [3.8, 4) is 22.8 Å². The molecule has 0 aliphatic carbocycles. The lowest BCUT2D eigenvalue weighted by molar-refractivity contribution is 0.0270. The topological polar surface area (TPSA) is 95.3 Å². The SMILES string of the molecule is COc1ccc(-c2cc(=O)n3nc(C4=CCN(C(=O)OC(C)(C)C)CC4)ccc3n2)cc1OC. The number of carbonyl (C=O) groups excluding carboxylic acids is 1. The van der Waals surface area contributed by atoms with Crippen LogP contribution in [0.2, 0.25) is 0 Å². The van der Waals surface area contributed by atoms with E-state index in [1.165, 1.54) is 10.6 Å². The second-order valence-electron chi connectivity index (χ2n) is 8.94. The fourth-order valence-corrected chi connectivity index (χ4v) is 3.71. The van der Waals surface area contributed by atoms with Gasteiger partial charge in [0.25, 0.3) is 5.56 Å². The molecule has 1 aromatic carbocycles. The average molecular weight is 465 g/mol. The van der Waals surface area contributed by atoms with E-state index < -0.39 is 5.60 Å². The van der Waals surface area contributed by atoms with Gasteiger partial charge in [-0.3, -0.25) is 4.79 Å². The van der Waals surface area contributed by atoms with Crippen molar-refractivity contribution in [2.45, 2.75) is 32.8 Å². The van der Waals surface area contributed by atoms with Gasteiger partial charge in [0.1, 0.15) is 5.60 Å². The van der Waals surface area contributed by atoms with Gasteiger partial charge in [0.2, 0.25) is 0 Å². The van der Waals surface area contributed by atoms with E-state index in [1.807, 2.05) is 39.0 Å². The van der Waals surface area contributed by atoms with Gasteiger partial charge in [-0.1, -0.05) is 6.08 Å². The van der Waals surface area contributed by atoms with Gasteiger partial charge in [0.05, 0.1) is 25.6 Å². The Balaban J connectivity index is 1.59. The molecule has 9 nitrogen and oxygen atoms in total. The Kier molecular flexibility index (Phi) is 6.28. The van der Waals surface area contributed by atoms with E-state index in [1.54, 1.807) is 37.3 Å². The fraction of sp³-hybridized carbons (Fsp3) is 0.360. The molecule has 9 heteroatoms. The van der Waals surface area contributed by atoms with Crippen LogP contribution >= 0.6 is 0 Å². The minimum atomic E-state index is -0.537. The summed E-state index contributed by atoms with van der Waals surface area (Å²) in [5.74, 6) is 1.15. The van der Waals surface area contributed by atoms with Crippen molar-refractivity contribution in [2.24, 2.45) is 0 Å². The van der Waals surface area contributed by atoms with Crippen LogP contribution in [0.25, 0.3) is 22.5 Å². The Morgan fingerprint density at radius 2 is 1.76 bits per heavy atom. The molecule has 1 aliphatic rings. The van der Waals surface area contributed by atoms with Crippen molar-refractivity contribution >= 4 is 17.3 Å². The molecule has 3 aromatic rings. The number of amides is 1. The molecular formula is C25H28N4O5. The van der Waals surface area contributed by atoms with E-state index in [0.717, 1.165) is 11.1 Å². The first kappa shape index (κ1) is 23.3. The predicted octanol–water partition coefficient (Wildman–Crippen LogP) is 3.80. The molecule has 0 saturated heterocycles. The molecule has 0 bridgehead atoms. The minimum Gasteiger partial charge on any atom is -0.493 e. The van der Waals surface area contributed by atoms with Crippen LogP contribution in [0.1, 0.15) is 32.9 Å². The van der Waals surface area contributed by atoms with Gasteiger partial charge in [-0.25, -0.2) is 9.78 Å². The third kappa shape index (κ3) is 4.88. The van der Waals surface area contributed by atoms with Crippen molar-refractivity contribution < 1.29 is 19.0 Å². The Bertz CT molecular complexity index is 1320. The van der Waals surface area contributed by atoms with Crippen LogP contribution in [0, 0.1) is 0 Å². The summed E-state index contributed by atoms with van der Waals surface area (Å²) in [7, 11) is 3.13. The molecule has 0 unspecified atom stereocenters. The Labute approximate surface area is 197 Å². The van der Waals surface area contributed by atoms with Gasteiger partial charge in [0, 0.05) is 24.7 Å². The molecule has 178 valence electrons. The van der Waals surface area contributed by atoms with Gasteiger partial charge < -0.3 is 19.1 Å². The molecule has 0 N–H and O–H groups in total. The summed E-state index contributed by atoms with van der Waals surface area (Å²) in [5.41, 5.74) is 2.52. The number of aromatic nitrogens is 3. The molecule has 1 amide bonds. The summed E-state index contributed by atoms with van der Waals surface area (Å²) >= 11 is 0. The van der Waals surface area contributed by atoms with Crippen molar-refractivity contribution in [3.05, 3.63) is 58.5 Å². The number of carbonyl (C=O) groups is 1. The van der Waals surface area contributed by atoms with Crippen molar-refractivity contribution in [2.75, 3.05) is 27.3 Å². The monoisotopic (exact) mass is 464 g/mol. The first-order chi connectivity index (χ1) is 16.2. The van der Waals surface area contributed by atoms with Gasteiger partial charge in [-0.15, -0.1) is 0 Å². The lowest BCUT2D eigenvalue weighted by Gasteiger charge is -2.29. The number of fused-ring (bicyclic) bond motifs is 1. The zero-order valence-corrected chi connectivity index (χ0v) is 20.0. The van der Waals surface area contributed by atoms with Crippen LogP contribution in [0.3, 0.4) is 0 Å². The molecule has 0 atom stereocenters. The summed E-state index contributed by atoms with van der Waals surface area (Å²) in [6.07, 6.45) is 2.22. The van der Waals surface area contributed by atoms with Gasteiger partial charge >= 0.3 is 6.09 Å². The third-order valence-corrected chi connectivity index (χ3v) is 5.39. The second-order valence-corrected chi connectivity index (χ2v) is 8.94. The van der Waals surface area contributed by atoms with Crippen LogP contribution in [0.4, 0.5) is 4.79 Å². The molecule has 0 radical (unpaired) electrons. The summed E-state index contributed by atoms with van der Waals surface area (Å²) in [4.78, 5) is 31.4. The highest BCUT2D eigenvalue weighted by atomic mass is 16.6. The van der Waals surface area contributed by atoms with Crippen molar-refractivity contribution in [3.63, 3.8) is 0 Å². The number of hydrogen-bond acceptors (Lipinski definition) is 7. The molecular weight excluding hydrogens is 436 g/mol. The van der Waals surface area contributed by atoms with E-state index in [-0.39, 0.29) is 11.7 Å². The summed E-state index contributed by atoms with van der Waals surface area (Å²) < 4.78 is 17.4. The lowest BCUT2D eigenvalue weighted by Crippen LogP contribution is -2.39. The number of rotatable bonds is 4. The molecule has 3 heterocycles. The maximum absolute atomic E-state index is 12.9.